The monoisotopic (exact) mass is 350 g/mol. The first-order valence-corrected chi connectivity index (χ1v) is 9.21. The van der Waals surface area contributed by atoms with Crippen molar-refractivity contribution in [3.05, 3.63) is 59.1 Å². The number of amidine groups is 1. The number of rotatable bonds is 3. The minimum absolute atomic E-state index is 0.199. The Hall–Kier alpha value is -1.89. The van der Waals surface area contributed by atoms with E-state index in [1.807, 2.05) is 0 Å². The number of sulfone groups is 1. The van der Waals surface area contributed by atoms with Crippen LogP contribution in [-0.4, -0.2) is 38.4 Å². The first kappa shape index (κ1) is 16.0. The average Bonchev–Trinajstić information content (AvgIpc) is 2.89. The summed E-state index contributed by atoms with van der Waals surface area (Å²) in [5.41, 5.74) is 1.26. The maximum absolute atomic E-state index is 12.0. The first-order chi connectivity index (χ1) is 10.9. The summed E-state index contributed by atoms with van der Waals surface area (Å²) >= 11 is 5.90. The van der Waals surface area contributed by atoms with E-state index in [2.05, 4.69) is 4.99 Å². The van der Waals surface area contributed by atoms with Crippen molar-refractivity contribution >= 4 is 33.0 Å². The minimum Gasteiger partial charge on any atom is -0.370 e. The molecule has 3 rings (SSSR count). The van der Waals surface area contributed by atoms with Gasteiger partial charge in [-0.05, 0) is 36.4 Å². The van der Waals surface area contributed by atoms with Crippen LogP contribution >= 0.6 is 11.6 Å². The van der Waals surface area contributed by atoms with Crippen LogP contribution in [0.2, 0.25) is 5.02 Å². The lowest BCUT2D eigenvalue weighted by atomic mass is 10.2. The summed E-state index contributed by atoms with van der Waals surface area (Å²) in [5.74, 6) is 0.519. The predicted octanol–water partition coefficient (Wildman–Crippen LogP) is 2.33. The molecule has 1 heterocycles. The van der Waals surface area contributed by atoms with Crippen LogP contribution in [0.4, 0.5) is 5.69 Å². The number of aliphatic hydroxyl groups is 1. The first-order valence-electron chi connectivity index (χ1n) is 6.95. The second kappa shape index (κ2) is 5.96. The summed E-state index contributed by atoms with van der Waals surface area (Å²) in [7, 11) is -3.40. The van der Waals surface area contributed by atoms with Gasteiger partial charge in [0.15, 0.2) is 16.1 Å². The van der Waals surface area contributed by atoms with E-state index in [1.54, 1.807) is 53.4 Å². The normalized spacial score (nSPS) is 18.1. The van der Waals surface area contributed by atoms with Crippen LogP contribution < -0.4 is 4.90 Å². The zero-order chi connectivity index (χ0) is 16.6. The van der Waals surface area contributed by atoms with E-state index in [-0.39, 0.29) is 11.4 Å². The van der Waals surface area contributed by atoms with Crippen LogP contribution in [0, 0.1) is 0 Å². The third-order valence-electron chi connectivity index (χ3n) is 3.53. The summed E-state index contributed by atoms with van der Waals surface area (Å²) in [6.45, 7) is 0.199. The van der Waals surface area contributed by atoms with Crippen molar-refractivity contribution in [2.24, 2.45) is 4.99 Å². The lowest BCUT2D eigenvalue weighted by Crippen LogP contribution is -2.31. The van der Waals surface area contributed by atoms with Gasteiger partial charge in [0, 0.05) is 16.8 Å². The van der Waals surface area contributed by atoms with Crippen molar-refractivity contribution in [3.8, 4) is 0 Å². The van der Waals surface area contributed by atoms with E-state index in [1.165, 1.54) is 0 Å². The molecule has 2 aromatic rings. The molecule has 5 nitrogen and oxygen atoms in total. The van der Waals surface area contributed by atoms with Crippen LogP contribution in [0.1, 0.15) is 5.56 Å². The molecule has 7 heteroatoms. The number of hydrogen-bond donors (Lipinski definition) is 1. The molecule has 0 saturated heterocycles. The van der Waals surface area contributed by atoms with Gasteiger partial charge in [0.25, 0.3) is 0 Å². The van der Waals surface area contributed by atoms with Crippen LogP contribution in [0.25, 0.3) is 0 Å². The topological polar surface area (TPSA) is 70.0 Å². The number of aliphatic hydroxyl groups excluding tert-OH is 1. The van der Waals surface area contributed by atoms with Gasteiger partial charge in [0.2, 0.25) is 0 Å². The molecule has 1 unspecified atom stereocenters. The molecule has 1 aliphatic heterocycles. The van der Waals surface area contributed by atoms with Gasteiger partial charge in [0.1, 0.15) is 5.84 Å². The summed E-state index contributed by atoms with van der Waals surface area (Å²) in [6, 6.07) is 13.7. The van der Waals surface area contributed by atoms with Crippen LogP contribution in [0.15, 0.2) is 58.4 Å². The molecule has 0 radical (unpaired) electrons. The number of aliphatic imine (C=N–C) groups is 1. The highest BCUT2D eigenvalue weighted by Crippen LogP contribution is 2.29. The van der Waals surface area contributed by atoms with Gasteiger partial charge in [-0.25, -0.2) is 13.4 Å². The van der Waals surface area contributed by atoms with Crippen molar-refractivity contribution in [1.29, 1.82) is 0 Å². The van der Waals surface area contributed by atoms with Gasteiger partial charge in [-0.3, -0.25) is 0 Å². The zero-order valence-electron chi connectivity index (χ0n) is 12.3. The standard InChI is InChI=1S/C16H15ClN2O3S/c1-23(21,22)14-5-3-2-4-13(14)19-10-15(20)18-16(19)11-6-8-12(17)9-7-11/h2-9,15,20H,10H2,1H3. The Morgan fingerprint density at radius 2 is 1.83 bits per heavy atom. The van der Waals surface area contributed by atoms with Crippen LogP contribution in [0.5, 0.6) is 0 Å². The van der Waals surface area contributed by atoms with Gasteiger partial charge in [0.05, 0.1) is 17.1 Å². The van der Waals surface area contributed by atoms with E-state index in [9.17, 15) is 13.5 Å². The number of anilines is 1. The van der Waals surface area contributed by atoms with Gasteiger partial charge in [-0.15, -0.1) is 0 Å². The van der Waals surface area contributed by atoms with E-state index in [0.717, 1.165) is 11.8 Å². The predicted molar refractivity (Wildman–Crippen MR) is 90.9 cm³/mol. The number of halogens is 1. The van der Waals surface area contributed by atoms with E-state index >= 15 is 0 Å². The molecule has 2 aromatic carbocycles. The molecule has 0 fully saturated rings. The zero-order valence-corrected chi connectivity index (χ0v) is 13.9. The number of para-hydroxylation sites is 1. The highest BCUT2D eigenvalue weighted by atomic mass is 35.5. The fourth-order valence-corrected chi connectivity index (χ4v) is 3.55. The second-order valence-electron chi connectivity index (χ2n) is 5.29. The number of β-amino-alcohol motifs (C(OH)–C–C–N with tert-alkyl or cyclic N) is 1. The van der Waals surface area contributed by atoms with Crippen molar-refractivity contribution < 1.29 is 13.5 Å². The van der Waals surface area contributed by atoms with Crippen molar-refractivity contribution in [3.63, 3.8) is 0 Å². The molecule has 0 spiro atoms. The molecular formula is C16H15ClN2O3S. The van der Waals surface area contributed by atoms with E-state index in [4.69, 9.17) is 11.6 Å². The van der Waals surface area contributed by atoms with Crippen molar-refractivity contribution in [1.82, 2.24) is 0 Å². The maximum Gasteiger partial charge on any atom is 0.177 e. The molecule has 1 N–H and O–H groups in total. The van der Waals surface area contributed by atoms with E-state index < -0.39 is 16.1 Å². The van der Waals surface area contributed by atoms with E-state index in [0.29, 0.717) is 16.5 Å². The highest BCUT2D eigenvalue weighted by molar-refractivity contribution is 7.90. The fraction of sp³-hybridized carbons (Fsp3) is 0.188. The third kappa shape index (κ3) is 3.24. The highest BCUT2D eigenvalue weighted by Gasteiger charge is 2.29. The number of benzene rings is 2. The molecular weight excluding hydrogens is 336 g/mol. The molecule has 1 aliphatic rings. The Labute approximate surface area is 139 Å². The molecule has 0 aliphatic carbocycles. The molecule has 0 bridgehead atoms. The lowest BCUT2D eigenvalue weighted by molar-refractivity contribution is 0.202. The largest absolute Gasteiger partial charge is 0.370 e. The number of hydrogen-bond acceptors (Lipinski definition) is 5. The van der Waals surface area contributed by atoms with Gasteiger partial charge in [-0.2, -0.15) is 0 Å². The van der Waals surface area contributed by atoms with Crippen LogP contribution in [0.3, 0.4) is 0 Å². The summed E-state index contributed by atoms with van der Waals surface area (Å²) in [6.07, 6.45) is 0.255. The molecule has 23 heavy (non-hydrogen) atoms. The van der Waals surface area contributed by atoms with Gasteiger partial charge >= 0.3 is 0 Å². The molecule has 0 aromatic heterocycles. The molecule has 0 saturated carbocycles. The Balaban J connectivity index is 2.10. The van der Waals surface area contributed by atoms with Crippen molar-refractivity contribution in [2.45, 2.75) is 11.1 Å². The Morgan fingerprint density at radius 3 is 2.48 bits per heavy atom. The Bertz CT molecular complexity index is 863. The summed E-state index contributed by atoms with van der Waals surface area (Å²) in [4.78, 5) is 6.15. The quantitative estimate of drug-likeness (QED) is 0.922. The fourth-order valence-electron chi connectivity index (χ4n) is 2.54. The Kier molecular flexibility index (Phi) is 4.14. The Morgan fingerprint density at radius 1 is 1.17 bits per heavy atom. The SMILES string of the molecule is CS(=O)(=O)c1ccccc1N1CC(O)N=C1c1ccc(Cl)cc1. The average molecular weight is 351 g/mol. The minimum atomic E-state index is -3.40. The third-order valence-corrected chi connectivity index (χ3v) is 4.93. The summed E-state index contributed by atoms with van der Waals surface area (Å²) in [5, 5.41) is 10.5. The summed E-state index contributed by atoms with van der Waals surface area (Å²) < 4.78 is 24.1. The molecule has 1 atom stereocenters. The maximum atomic E-state index is 12.0. The van der Waals surface area contributed by atoms with Gasteiger partial charge < -0.3 is 10.0 Å². The smallest absolute Gasteiger partial charge is 0.177 e. The second-order valence-corrected chi connectivity index (χ2v) is 7.71. The molecule has 0 amide bonds. The van der Waals surface area contributed by atoms with Crippen LogP contribution in [-0.2, 0) is 9.84 Å². The van der Waals surface area contributed by atoms with Gasteiger partial charge in [-0.1, -0.05) is 23.7 Å². The number of nitrogens with zero attached hydrogens (tertiary/aromatic N) is 2. The lowest BCUT2D eigenvalue weighted by Gasteiger charge is -2.23. The van der Waals surface area contributed by atoms with Crippen molar-refractivity contribution in [2.75, 3.05) is 17.7 Å². The molecule has 120 valence electrons.